The molecule has 8 atom stereocenters. The van der Waals surface area contributed by atoms with Crippen molar-refractivity contribution in [1.29, 1.82) is 0 Å². The lowest BCUT2D eigenvalue weighted by Crippen LogP contribution is -2.66. The first-order valence-corrected chi connectivity index (χ1v) is 10.1. The van der Waals surface area contributed by atoms with Crippen LogP contribution in [0.4, 0.5) is 0 Å². The summed E-state index contributed by atoms with van der Waals surface area (Å²) in [7, 11) is 3.48. The van der Waals surface area contributed by atoms with E-state index in [4.69, 9.17) is 14.2 Å². The summed E-state index contributed by atoms with van der Waals surface area (Å²) in [5, 5.41) is 11.7. The van der Waals surface area contributed by atoms with Crippen molar-refractivity contribution in [1.82, 2.24) is 4.90 Å². The van der Waals surface area contributed by atoms with Crippen molar-refractivity contribution in [3.05, 3.63) is 0 Å². The van der Waals surface area contributed by atoms with Crippen molar-refractivity contribution in [3.8, 4) is 0 Å². The van der Waals surface area contributed by atoms with E-state index in [0.29, 0.717) is 18.9 Å². The number of nitrogens with zero attached hydrogens (tertiary/aromatic N) is 1. The van der Waals surface area contributed by atoms with Gasteiger partial charge in [0.25, 0.3) is 0 Å². The minimum Gasteiger partial charge on any atom is -0.384 e. The van der Waals surface area contributed by atoms with E-state index in [1.165, 1.54) is 0 Å². The molecule has 2 heterocycles. The Labute approximate surface area is 157 Å². The van der Waals surface area contributed by atoms with E-state index >= 15 is 0 Å². The fourth-order valence-electron chi connectivity index (χ4n) is 5.21. The second kappa shape index (κ2) is 7.74. The number of carbonyl (C=O) groups is 1. The zero-order chi connectivity index (χ0) is 19.1. The van der Waals surface area contributed by atoms with E-state index in [1.807, 2.05) is 6.92 Å². The average Bonchev–Trinajstić information content (AvgIpc) is 2.70. The summed E-state index contributed by atoms with van der Waals surface area (Å²) in [4.78, 5) is 13.3. The quantitative estimate of drug-likeness (QED) is 0.824. The molecule has 1 N–H and O–H groups in total. The monoisotopic (exact) mass is 369 g/mol. The van der Waals surface area contributed by atoms with Gasteiger partial charge in [-0.05, 0) is 44.4 Å². The van der Waals surface area contributed by atoms with Gasteiger partial charge in [0.1, 0.15) is 5.60 Å². The van der Waals surface area contributed by atoms with Crippen molar-refractivity contribution in [2.45, 2.75) is 77.2 Å². The SMILES string of the molecule is C[C@H]1C(OCCC(=O)N(C)C)O[C@@H]2O[C@@H](C)CCC3[C@H](C)CCC1[C@]32O. The molecule has 150 valence electrons. The standard InChI is InChI=1S/C20H35NO5/c1-12-6-8-16-14(3)18(24-11-10-17(22)21(4)5)26-19-20(16,23)15(12)9-7-13(2)25-19/h12-16,18-19,23H,6-11H2,1-5H3/t12-,13+,14-,15?,16?,18?,19+,20-/m1/s1. The van der Waals surface area contributed by atoms with Crippen LogP contribution in [-0.2, 0) is 19.0 Å². The number of rotatable bonds is 4. The maximum atomic E-state index is 11.8. The van der Waals surface area contributed by atoms with Crippen molar-refractivity contribution >= 4 is 5.91 Å². The van der Waals surface area contributed by atoms with Gasteiger partial charge in [-0.1, -0.05) is 13.8 Å². The number of ether oxygens (including phenoxy) is 3. The smallest absolute Gasteiger partial charge is 0.224 e. The van der Waals surface area contributed by atoms with Gasteiger partial charge in [0.2, 0.25) is 5.91 Å². The highest BCUT2D eigenvalue weighted by molar-refractivity contribution is 5.75. The Balaban J connectivity index is 1.74. The summed E-state index contributed by atoms with van der Waals surface area (Å²) in [6.45, 7) is 6.71. The van der Waals surface area contributed by atoms with Crippen molar-refractivity contribution in [3.63, 3.8) is 0 Å². The van der Waals surface area contributed by atoms with E-state index in [9.17, 15) is 9.90 Å². The number of aliphatic hydroxyl groups is 1. The molecule has 0 spiro atoms. The summed E-state index contributed by atoms with van der Waals surface area (Å²) in [5.41, 5.74) is -0.943. The van der Waals surface area contributed by atoms with Gasteiger partial charge >= 0.3 is 0 Å². The van der Waals surface area contributed by atoms with Gasteiger partial charge in [-0.15, -0.1) is 0 Å². The second-order valence-corrected chi connectivity index (χ2v) is 8.78. The zero-order valence-electron chi connectivity index (χ0n) is 16.8. The third-order valence-electron chi connectivity index (χ3n) is 6.84. The third-order valence-corrected chi connectivity index (χ3v) is 6.84. The number of hydrogen-bond acceptors (Lipinski definition) is 5. The number of hydrogen-bond donors (Lipinski definition) is 1. The topological polar surface area (TPSA) is 68.2 Å². The minimum atomic E-state index is -0.943. The lowest BCUT2D eigenvalue weighted by atomic mass is 9.58. The molecule has 2 aliphatic heterocycles. The molecule has 0 aromatic rings. The fourth-order valence-corrected chi connectivity index (χ4v) is 5.21. The van der Waals surface area contributed by atoms with Crippen LogP contribution in [0.5, 0.6) is 0 Å². The van der Waals surface area contributed by atoms with Gasteiger partial charge in [-0.2, -0.15) is 0 Å². The normalized spacial score (nSPS) is 45.5. The van der Waals surface area contributed by atoms with Gasteiger partial charge in [0, 0.05) is 25.9 Å². The van der Waals surface area contributed by atoms with Crippen LogP contribution in [0.15, 0.2) is 0 Å². The van der Waals surface area contributed by atoms with E-state index in [2.05, 4.69) is 13.8 Å². The van der Waals surface area contributed by atoms with Crippen LogP contribution in [0, 0.1) is 23.7 Å². The molecule has 6 nitrogen and oxygen atoms in total. The van der Waals surface area contributed by atoms with Gasteiger partial charge in [0.05, 0.1) is 19.1 Å². The van der Waals surface area contributed by atoms with Crippen LogP contribution in [0.1, 0.15) is 52.9 Å². The Morgan fingerprint density at radius 1 is 1.12 bits per heavy atom. The van der Waals surface area contributed by atoms with E-state index < -0.39 is 18.2 Å². The van der Waals surface area contributed by atoms with Crippen LogP contribution < -0.4 is 0 Å². The van der Waals surface area contributed by atoms with Crippen LogP contribution in [0.3, 0.4) is 0 Å². The van der Waals surface area contributed by atoms with E-state index in [-0.39, 0.29) is 29.8 Å². The highest BCUT2D eigenvalue weighted by Gasteiger charge is 2.62. The highest BCUT2D eigenvalue weighted by Crippen LogP contribution is 2.54. The van der Waals surface area contributed by atoms with Crippen molar-refractivity contribution < 1.29 is 24.1 Å². The van der Waals surface area contributed by atoms with E-state index in [1.54, 1.807) is 19.0 Å². The first-order chi connectivity index (χ1) is 12.2. The molecule has 2 saturated heterocycles. The Morgan fingerprint density at radius 2 is 1.81 bits per heavy atom. The average molecular weight is 370 g/mol. The van der Waals surface area contributed by atoms with Crippen LogP contribution in [-0.4, -0.2) is 60.9 Å². The molecule has 1 aliphatic carbocycles. The Bertz CT molecular complexity index is 512. The third kappa shape index (κ3) is 3.53. The predicted molar refractivity (Wildman–Crippen MR) is 97.2 cm³/mol. The van der Waals surface area contributed by atoms with Gasteiger partial charge in [-0.3, -0.25) is 4.79 Å². The maximum Gasteiger partial charge on any atom is 0.224 e. The summed E-state index contributed by atoms with van der Waals surface area (Å²) in [5.74, 6) is 0.879. The molecular formula is C20H35NO5. The first-order valence-electron chi connectivity index (χ1n) is 10.1. The lowest BCUT2D eigenvalue weighted by Gasteiger charge is -2.57. The van der Waals surface area contributed by atoms with Gasteiger partial charge in [-0.25, -0.2) is 0 Å². The molecule has 3 rings (SSSR count). The minimum absolute atomic E-state index is 0.0378. The summed E-state index contributed by atoms with van der Waals surface area (Å²) >= 11 is 0. The van der Waals surface area contributed by atoms with Gasteiger partial charge < -0.3 is 24.2 Å². The fraction of sp³-hybridized carbons (Fsp3) is 0.950. The van der Waals surface area contributed by atoms with E-state index in [0.717, 1.165) is 25.7 Å². The van der Waals surface area contributed by atoms with Crippen LogP contribution in [0.25, 0.3) is 0 Å². The molecule has 0 radical (unpaired) electrons. The number of amides is 1. The summed E-state index contributed by atoms with van der Waals surface area (Å²) in [6.07, 6.45) is 3.30. The Kier molecular flexibility index (Phi) is 5.97. The van der Waals surface area contributed by atoms with Crippen molar-refractivity contribution in [2.24, 2.45) is 23.7 Å². The highest BCUT2D eigenvalue weighted by atomic mass is 16.8. The first kappa shape index (κ1) is 20.1. The maximum absolute atomic E-state index is 11.8. The summed E-state index contributed by atoms with van der Waals surface area (Å²) in [6, 6.07) is 0. The second-order valence-electron chi connectivity index (χ2n) is 8.78. The molecule has 3 unspecified atom stereocenters. The molecule has 3 fully saturated rings. The van der Waals surface area contributed by atoms with Crippen LogP contribution in [0.2, 0.25) is 0 Å². The molecule has 0 bridgehead atoms. The molecule has 0 aromatic carbocycles. The molecule has 3 aliphatic rings. The molecule has 1 amide bonds. The Morgan fingerprint density at radius 3 is 2.50 bits per heavy atom. The summed E-state index contributed by atoms with van der Waals surface area (Å²) < 4.78 is 18.2. The Hall–Kier alpha value is -0.690. The lowest BCUT2D eigenvalue weighted by molar-refractivity contribution is -0.381. The van der Waals surface area contributed by atoms with Crippen molar-refractivity contribution in [2.75, 3.05) is 20.7 Å². The molecule has 1 saturated carbocycles. The number of carbonyl (C=O) groups excluding carboxylic acids is 1. The molecule has 6 heteroatoms. The molecular weight excluding hydrogens is 334 g/mol. The molecule has 0 aromatic heterocycles. The predicted octanol–water partition coefficient (Wildman–Crippen LogP) is 2.39. The zero-order valence-corrected chi connectivity index (χ0v) is 16.8. The largest absolute Gasteiger partial charge is 0.384 e. The van der Waals surface area contributed by atoms with Crippen LogP contribution >= 0.6 is 0 Å². The van der Waals surface area contributed by atoms with Gasteiger partial charge in [0.15, 0.2) is 12.6 Å². The molecule has 26 heavy (non-hydrogen) atoms.